The number of hydrogen-bond acceptors (Lipinski definition) is 8. The average molecular weight is 427 g/mol. The van der Waals surface area contributed by atoms with E-state index in [0.29, 0.717) is 54.0 Å². The van der Waals surface area contributed by atoms with Crippen molar-refractivity contribution in [2.75, 3.05) is 37.3 Å². The van der Waals surface area contributed by atoms with E-state index in [2.05, 4.69) is 43.3 Å². The number of rotatable bonds is 11. The summed E-state index contributed by atoms with van der Waals surface area (Å²) in [7, 11) is 1.72. The molecule has 0 aliphatic rings. The number of anilines is 3. The molecule has 4 N–H and O–H groups in total. The second-order valence-electron chi connectivity index (χ2n) is 6.83. The lowest BCUT2D eigenvalue weighted by atomic mass is 10.2. The summed E-state index contributed by atoms with van der Waals surface area (Å²) < 4.78 is 18.8. The molecular weight excluding hydrogens is 401 g/mol. The first-order valence-corrected chi connectivity index (χ1v) is 10.1. The molecule has 0 saturated carbocycles. The van der Waals surface area contributed by atoms with Gasteiger partial charge in [0.1, 0.15) is 23.1 Å². The van der Waals surface area contributed by atoms with E-state index in [1.807, 2.05) is 0 Å². The molecule has 0 saturated heterocycles. The van der Waals surface area contributed by atoms with Crippen molar-refractivity contribution in [3.8, 4) is 11.3 Å². The number of halogens is 1. The molecule has 2 aromatic heterocycles. The van der Waals surface area contributed by atoms with E-state index in [0.717, 1.165) is 6.42 Å². The van der Waals surface area contributed by atoms with Crippen LogP contribution in [0.5, 0.6) is 0 Å². The number of carbonyl (C=O) groups is 1. The molecule has 0 radical (unpaired) electrons. The SMILES string of the molecule is CCCNc1nc(Nc2cccc(F)c2)ncc1-c1cc(CCNC(=O)CNC)on1. The monoisotopic (exact) mass is 427 g/mol. The zero-order chi connectivity index (χ0) is 22.1. The highest BCUT2D eigenvalue weighted by molar-refractivity contribution is 5.78. The molecule has 0 spiro atoms. The molecule has 0 atom stereocenters. The van der Waals surface area contributed by atoms with Crippen molar-refractivity contribution < 1.29 is 13.7 Å². The summed E-state index contributed by atoms with van der Waals surface area (Å²) in [5, 5.41) is 16.0. The molecule has 9 nitrogen and oxygen atoms in total. The second kappa shape index (κ2) is 11.0. The minimum Gasteiger partial charge on any atom is -0.369 e. The molecule has 3 aromatic rings. The zero-order valence-electron chi connectivity index (χ0n) is 17.5. The maximum absolute atomic E-state index is 13.4. The Balaban J connectivity index is 1.74. The standard InChI is InChI=1S/C21H26FN7O2/c1-3-8-25-20-17(12-26-21(28-20)27-15-6-4-5-14(22)10-15)18-11-16(31-29-18)7-9-24-19(30)13-23-2/h4-6,10-12,23H,3,7-9,13H2,1-2H3,(H,24,30)(H2,25,26,27,28). The number of likely N-dealkylation sites (N-methyl/N-ethyl adjacent to an activating group) is 1. The largest absolute Gasteiger partial charge is 0.369 e. The lowest BCUT2D eigenvalue weighted by Crippen LogP contribution is -2.33. The molecule has 0 bridgehead atoms. The van der Waals surface area contributed by atoms with Gasteiger partial charge < -0.3 is 25.8 Å². The van der Waals surface area contributed by atoms with Crippen LogP contribution < -0.4 is 21.3 Å². The number of benzene rings is 1. The van der Waals surface area contributed by atoms with Crippen LogP contribution >= 0.6 is 0 Å². The van der Waals surface area contributed by atoms with Crippen molar-refractivity contribution in [3.05, 3.63) is 48.1 Å². The van der Waals surface area contributed by atoms with E-state index < -0.39 is 0 Å². The fraction of sp³-hybridized carbons (Fsp3) is 0.333. The first-order chi connectivity index (χ1) is 15.1. The van der Waals surface area contributed by atoms with Gasteiger partial charge in [0.2, 0.25) is 11.9 Å². The maximum atomic E-state index is 13.4. The zero-order valence-corrected chi connectivity index (χ0v) is 17.5. The molecule has 164 valence electrons. The molecule has 0 aliphatic carbocycles. The van der Waals surface area contributed by atoms with Crippen molar-refractivity contribution >= 4 is 23.4 Å². The van der Waals surface area contributed by atoms with Crippen LogP contribution in [0.25, 0.3) is 11.3 Å². The van der Waals surface area contributed by atoms with Crippen LogP contribution in [-0.2, 0) is 11.2 Å². The molecule has 0 unspecified atom stereocenters. The van der Waals surface area contributed by atoms with Gasteiger partial charge in [0.05, 0.1) is 12.1 Å². The van der Waals surface area contributed by atoms with Crippen LogP contribution in [0.4, 0.5) is 21.8 Å². The molecule has 0 fully saturated rings. The molecule has 0 aliphatic heterocycles. The summed E-state index contributed by atoms with van der Waals surface area (Å²) in [5.41, 5.74) is 1.83. The highest BCUT2D eigenvalue weighted by atomic mass is 19.1. The summed E-state index contributed by atoms with van der Waals surface area (Å²) in [6.45, 7) is 3.48. The van der Waals surface area contributed by atoms with Gasteiger partial charge in [-0.3, -0.25) is 4.79 Å². The Kier molecular flexibility index (Phi) is 7.88. The molecule has 2 heterocycles. The Morgan fingerprint density at radius 2 is 2.10 bits per heavy atom. The summed E-state index contributed by atoms with van der Waals surface area (Å²) in [5.74, 6) is 1.15. The first-order valence-electron chi connectivity index (χ1n) is 10.1. The van der Waals surface area contributed by atoms with Crippen LogP contribution in [0.2, 0.25) is 0 Å². The summed E-state index contributed by atoms with van der Waals surface area (Å²) in [4.78, 5) is 20.4. The lowest BCUT2D eigenvalue weighted by Gasteiger charge is -2.11. The highest BCUT2D eigenvalue weighted by Crippen LogP contribution is 2.27. The van der Waals surface area contributed by atoms with Crippen molar-refractivity contribution in [3.63, 3.8) is 0 Å². The Hall–Kier alpha value is -3.53. The van der Waals surface area contributed by atoms with Crippen molar-refractivity contribution in [2.45, 2.75) is 19.8 Å². The van der Waals surface area contributed by atoms with Crippen molar-refractivity contribution in [1.29, 1.82) is 0 Å². The van der Waals surface area contributed by atoms with E-state index in [1.54, 1.807) is 31.4 Å². The van der Waals surface area contributed by atoms with Gasteiger partial charge in [-0.1, -0.05) is 18.1 Å². The Labute approximate surface area is 179 Å². The predicted molar refractivity (Wildman–Crippen MR) is 117 cm³/mol. The van der Waals surface area contributed by atoms with Crippen LogP contribution in [0.1, 0.15) is 19.1 Å². The van der Waals surface area contributed by atoms with E-state index in [4.69, 9.17) is 4.52 Å². The van der Waals surface area contributed by atoms with Crippen LogP contribution in [0, 0.1) is 5.82 Å². The number of amides is 1. The number of aromatic nitrogens is 3. The minimum atomic E-state index is -0.344. The Morgan fingerprint density at radius 3 is 2.87 bits per heavy atom. The van der Waals surface area contributed by atoms with E-state index in [9.17, 15) is 9.18 Å². The molecule has 3 rings (SSSR count). The third kappa shape index (κ3) is 6.48. The van der Waals surface area contributed by atoms with Crippen molar-refractivity contribution in [2.24, 2.45) is 0 Å². The molecule has 31 heavy (non-hydrogen) atoms. The predicted octanol–water partition coefficient (Wildman–Crippen LogP) is 2.71. The van der Waals surface area contributed by atoms with Gasteiger partial charge in [0.15, 0.2) is 0 Å². The average Bonchev–Trinajstić information content (AvgIpc) is 3.21. The highest BCUT2D eigenvalue weighted by Gasteiger charge is 2.14. The van der Waals surface area contributed by atoms with E-state index in [-0.39, 0.29) is 18.3 Å². The fourth-order valence-corrected chi connectivity index (χ4v) is 2.81. The summed E-state index contributed by atoms with van der Waals surface area (Å²) >= 11 is 0. The van der Waals surface area contributed by atoms with E-state index in [1.165, 1.54) is 12.1 Å². The smallest absolute Gasteiger partial charge is 0.233 e. The van der Waals surface area contributed by atoms with Crippen LogP contribution in [0.3, 0.4) is 0 Å². The van der Waals surface area contributed by atoms with Gasteiger partial charge in [-0.15, -0.1) is 0 Å². The number of hydrogen-bond donors (Lipinski definition) is 4. The van der Waals surface area contributed by atoms with Gasteiger partial charge in [-0.05, 0) is 31.7 Å². The molecular formula is C21H26FN7O2. The Morgan fingerprint density at radius 1 is 1.23 bits per heavy atom. The second-order valence-corrected chi connectivity index (χ2v) is 6.83. The van der Waals surface area contributed by atoms with Gasteiger partial charge in [-0.2, -0.15) is 4.98 Å². The topological polar surface area (TPSA) is 117 Å². The number of carbonyl (C=O) groups excluding carboxylic acids is 1. The van der Waals surface area contributed by atoms with Crippen molar-refractivity contribution in [1.82, 2.24) is 25.8 Å². The Bertz CT molecular complexity index is 1010. The molecule has 1 amide bonds. The molecule has 10 heteroatoms. The van der Waals surface area contributed by atoms with Gasteiger partial charge in [0, 0.05) is 37.5 Å². The maximum Gasteiger partial charge on any atom is 0.233 e. The van der Waals surface area contributed by atoms with Crippen LogP contribution in [0.15, 0.2) is 41.1 Å². The quantitative estimate of drug-likeness (QED) is 0.369. The van der Waals surface area contributed by atoms with Crippen LogP contribution in [-0.4, -0.2) is 47.7 Å². The number of nitrogens with zero attached hydrogens (tertiary/aromatic N) is 3. The fourth-order valence-electron chi connectivity index (χ4n) is 2.81. The lowest BCUT2D eigenvalue weighted by molar-refractivity contribution is -0.120. The summed E-state index contributed by atoms with van der Waals surface area (Å²) in [6.07, 6.45) is 3.07. The normalized spacial score (nSPS) is 10.7. The first kappa shape index (κ1) is 22.2. The van der Waals surface area contributed by atoms with Gasteiger partial charge >= 0.3 is 0 Å². The minimum absolute atomic E-state index is 0.0805. The van der Waals surface area contributed by atoms with Gasteiger partial charge in [-0.25, -0.2) is 9.37 Å². The van der Waals surface area contributed by atoms with Gasteiger partial charge in [0.25, 0.3) is 0 Å². The third-order valence-electron chi connectivity index (χ3n) is 4.28. The summed E-state index contributed by atoms with van der Waals surface area (Å²) in [6, 6.07) is 7.90. The third-order valence-corrected chi connectivity index (χ3v) is 4.28. The number of nitrogens with one attached hydrogen (secondary N) is 4. The van der Waals surface area contributed by atoms with E-state index >= 15 is 0 Å². The molecule has 1 aromatic carbocycles.